The van der Waals surface area contributed by atoms with Crippen LogP contribution < -0.4 is 0 Å². The predicted octanol–water partition coefficient (Wildman–Crippen LogP) is 6.02. The van der Waals surface area contributed by atoms with Crippen LogP contribution >= 0.6 is 15.9 Å². The summed E-state index contributed by atoms with van der Waals surface area (Å²) in [5, 5.41) is 2.31. The summed E-state index contributed by atoms with van der Waals surface area (Å²) in [6, 6.07) is 22.7. The lowest BCUT2D eigenvalue weighted by molar-refractivity contribution is 0.669. The largest absolute Gasteiger partial charge is 0.456 e. The lowest BCUT2D eigenvalue weighted by atomic mass is 10.00. The number of fused-ring (bicyclic) bond motifs is 3. The number of rotatable bonds is 1. The molecule has 0 spiro atoms. The molecular weight excluding hydrogens is 312 g/mol. The molecule has 0 saturated carbocycles. The summed E-state index contributed by atoms with van der Waals surface area (Å²) in [6.45, 7) is 0. The Labute approximate surface area is 125 Å². The number of halogens is 1. The van der Waals surface area contributed by atoms with Crippen LogP contribution in [0.3, 0.4) is 0 Å². The van der Waals surface area contributed by atoms with Crippen molar-refractivity contribution in [3.8, 4) is 11.1 Å². The van der Waals surface area contributed by atoms with Crippen LogP contribution in [-0.2, 0) is 0 Å². The van der Waals surface area contributed by atoms with Gasteiger partial charge in [-0.2, -0.15) is 0 Å². The minimum Gasteiger partial charge on any atom is -0.456 e. The maximum Gasteiger partial charge on any atom is 0.136 e. The van der Waals surface area contributed by atoms with Gasteiger partial charge in [-0.15, -0.1) is 0 Å². The third-order valence-electron chi connectivity index (χ3n) is 3.56. The van der Waals surface area contributed by atoms with E-state index in [9.17, 15) is 0 Å². The monoisotopic (exact) mass is 322 g/mol. The Morgan fingerprint density at radius 1 is 0.650 bits per heavy atom. The second-order valence-electron chi connectivity index (χ2n) is 4.76. The van der Waals surface area contributed by atoms with Crippen LogP contribution in [0.4, 0.5) is 0 Å². The van der Waals surface area contributed by atoms with Crippen LogP contribution in [0, 0.1) is 0 Å². The van der Waals surface area contributed by atoms with Crippen LogP contribution in [0.25, 0.3) is 33.1 Å². The minimum atomic E-state index is 0.915. The molecule has 0 saturated heterocycles. The highest BCUT2D eigenvalue weighted by Gasteiger charge is 2.13. The second kappa shape index (κ2) is 4.50. The first-order chi connectivity index (χ1) is 9.84. The smallest absolute Gasteiger partial charge is 0.136 e. The van der Waals surface area contributed by atoms with Gasteiger partial charge >= 0.3 is 0 Å². The summed E-state index contributed by atoms with van der Waals surface area (Å²) in [7, 11) is 0. The molecule has 4 rings (SSSR count). The lowest BCUT2D eigenvalue weighted by Crippen LogP contribution is -1.79. The van der Waals surface area contributed by atoms with E-state index >= 15 is 0 Å². The minimum absolute atomic E-state index is 0.915. The molecule has 0 unspecified atom stereocenters. The van der Waals surface area contributed by atoms with Gasteiger partial charge in [0.15, 0.2) is 0 Å². The van der Waals surface area contributed by atoms with Gasteiger partial charge in [0.2, 0.25) is 0 Å². The van der Waals surface area contributed by atoms with Gasteiger partial charge in [0.1, 0.15) is 11.2 Å². The van der Waals surface area contributed by atoms with Crippen LogP contribution in [0.15, 0.2) is 75.6 Å². The summed E-state index contributed by atoms with van der Waals surface area (Å²) in [5.41, 5.74) is 4.25. The van der Waals surface area contributed by atoms with Crippen molar-refractivity contribution in [2.45, 2.75) is 0 Å². The van der Waals surface area contributed by atoms with E-state index in [-0.39, 0.29) is 0 Å². The second-order valence-corrected chi connectivity index (χ2v) is 5.61. The zero-order valence-electron chi connectivity index (χ0n) is 10.6. The van der Waals surface area contributed by atoms with Crippen molar-refractivity contribution in [2.24, 2.45) is 0 Å². The molecule has 0 amide bonds. The van der Waals surface area contributed by atoms with Gasteiger partial charge < -0.3 is 4.42 Å². The van der Waals surface area contributed by atoms with Crippen molar-refractivity contribution in [2.75, 3.05) is 0 Å². The molecule has 1 aromatic heterocycles. The van der Waals surface area contributed by atoms with Crippen molar-refractivity contribution in [3.05, 3.63) is 71.2 Å². The number of hydrogen-bond acceptors (Lipinski definition) is 1. The molecular formula is C18H11BrO. The first-order valence-electron chi connectivity index (χ1n) is 6.50. The van der Waals surface area contributed by atoms with Gasteiger partial charge in [-0.3, -0.25) is 0 Å². The average molecular weight is 323 g/mol. The van der Waals surface area contributed by atoms with E-state index < -0.39 is 0 Å². The average Bonchev–Trinajstić information content (AvgIpc) is 2.88. The molecule has 0 fully saturated rings. The summed E-state index contributed by atoms with van der Waals surface area (Å²) >= 11 is 3.64. The summed E-state index contributed by atoms with van der Waals surface area (Å²) in [4.78, 5) is 0. The lowest BCUT2D eigenvalue weighted by Gasteiger charge is -2.03. The van der Waals surface area contributed by atoms with Crippen LogP contribution in [0.5, 0.6) is 0 Å². The fraction of sp³-hybridized carbons (Fsp3) is 0. The SMILES string of the molecule is Brc1cccc2oc3cccc(-c4ccccc4)c3c12. The van der Waals surface area contributed by atoms with Gasteiger partial charge in [0.25, 0.3) is 0 Å². The molecule has 96 valence electrons. The molecule has 0 bridgehead atoms. The van der Waals surface area contributed by atoms with Crippen molar-refractivity contribution in [1.82, 2.24) is 0 Å². The summed E-state index contributed by atoms with van der Waals surface area (Å²) in [5.74, 6) is 0. The highest BCUT2D eigenvalue weighted by molar-refractivity contribution is 9.10. The van der Waals surface area contributed by atoms with Gasteiger partial charge in [-0.05, 0) is 29.3 Å². The highest BCUT2D eigenvalue weighted by atomic mass is 79.9. The van der Waals surface area contributed by atoms with Crippen molar-refractivity contribution < 1.29 is 4.42 Å². The molecule has 1 heterocycles. The van der Waals surface area contributed by atoms with Crippen molar-refractivity contribution in [3.63, 3.8) is 0 Å². The van der Waals surface area contributed by atoms with Gasteiger partial charge in [-0.25, -0.2) is 0 Å². The van der Waals surface area contributed by atoms with E-state index in [0.717, 1.165) is 21.0 Å². The van der Waals surface area contributed by atoms with Crippen LogP contribution in [0.2, 0.25) is 0 Å². The Kier molecular flexibility index (Phi) is 2.64. The van der Waals surface area contributed by atoms with Crippen molar-refractivity contribution >= 4 is 37.9 Å². The molecule has 1 nitrogen and oxygen atoms in total. The van der Waals surface area contributed by atoms with E-state index in [1.165, 1.54) is 16.5 Å². The number of benzene rings is 3. The van der Waals surface area contributed by atoms with E-state index in [4.69, 9.17) is 4.42 Å². The zero-order chi connectivity index (χ0) is 13.5. The highest BCUT2D eigenvalue weighted by Crippen LogP contribution is 2.39. The Hall–Kier alpha value is -2.06. The van der Waals surface area contributed by atoms with E-state index in [1.54, 1.807) is 0 Å². The molecule has 0 radical (unpaired) electrons. The molecule has 3 aromatic carbocycles. The summed E-state index contributed by atoms with van der Waals surface area (Å²) < 4.78 is 7.03. The molecule has 4 aromatic rings. The molecule has 0 aliphatic carbocycles. The molecule has 0 aliphatic heterocycles. The Morgan fingerprint density at radius 2 is 1.35 bits per heavy atom. The molecule has 0 aliphatic rings. The van der Waals surface area contributed by atoms with Crippen LogP contribution in [-0.4, -0.2) is 0 Å². The van der Waals surface area contributed by atoms with Crippen LogP contribution in [0.1, 0.15) is 0 Å². The molecule has 0 atom stereocenters. The first-order valence-corrected chi connectivity index (χ1v) is 7.29. The normalized spacial score (nSPS) is 11.2. The Bertz CT molecular complexity index is 907. The Balaban J connectivity index is 2.20. The fourth-order valence-corrected chi connectivity index (χ4v) is 3.23. The topological polar surface area (TPSA) is 13.1 Å². The fourth-order valence-electron chi connectivity index (χ4n) is 2.68. The maximum atomic E-state index is 5.97. The van der Waals surface area contributed by atoms with E-state index in [2.05, 4.69) is 52.3 Å². The summed E-state index contributed by atoms with van der Waals surface area (Å²) in [6.07, 6.45) is 0. The van der Waals surface area contributed by atoms with Gasteiger partial charge in [0, 0.05) is 15.2 Å². The number of hydrogen-bond donors (Lipinski definition) is 0. The third kappa shape index (κ3) is 1.69. The third-order valence-corrected chi connectivity index (χ3v) is 4.22. The molecule has 2 heteroatoms. The van der Waals surface area contributed by atoms with Gasteiger partial charge in [-0.1, -0.05) is 64.5 Å². The Morgan fingerprint density at radius 3 is 2.15 bits per heavy atom. The van der Waals surface area contributed by atoms with E-state index in [1.807, 2.05) is 30.3 Å². The molecule has 20 heavy (non-hydrogen) atoms. The van der Waals surface area contributed by atoms with Gasteiger partial charge in [0.05, 0.1) is 0 Å². The van der Waals surface area contributed by atoms with Crippen molar-refractivity contribution in [1.29, 1.82) is 0 Å². The zero-order valence-corrected chi connectivity index (χ0v) is 12.2. The molecule has 0 N–H and O–H groups in total. The predicted molar refractivity (Wildman–Crippen MR) is 86.9 cm³/mol. The first kappa shape index (κ1) is 11.7. The number of furan rings is 1. The maximum absolute atomic E-state index is 5.97. The standard InChI is InChI=1S/C18H11BrO/c19-14-9-5-11-16-18(14)17-13(8-4-10-15(17)20-16)12-6-2-1-3-7-12/h1-11H. The quantitative estimate of drug-likeness (QED) is 0.418. The van der Waals surface area contributed by atoms with E-state index in [0.29, 0.717) is 0 Å².